The molecule has 0 atom stereocenters. The third kappa shape index (κ3) is 2.79. The molecule has 0 radical (unpaired) electrons. The van der Waals surface area contributed by atoms with Crippen LogP contribution in [0.5, 0.6) is 0 Å². The predicted octanol–water partition coefficient (Wildman–Crippen LogP) is 1.20. The van der Waals surface area contributed by atoms with E-state index < -0.39 is 11.8 Å². The Labute approximate surface area is 106 Å². The molecule has 0 aromatic heterocycles. The number of likely N-dealkylation sites (N-methyl/N-ethyl adjacent to an activating group) is 1. The van der Waals surface area contributed by atoms with Crippen LogP contribution in [0.15, 0.2) is 18.2 Å². The summed E-state index contributed by atoms with van der Waals surface area (Å²) in [6, 6.07) is 4.75. The minimum atomic E-state index is -1.00. The highest BCUT2D eigenvalue weighted by Gasteiger charge is 2.20. The molecule has 1 saturated heterocycles. The van der Waals surface area contributed by atoms with Gasteiger partial charge in [-0.1, -0.05) is 6.07 Å². The van der Waals surface area contributed by atoms with Crippen molar-refractivity contribution in [3.63, 3.8) is 0 Å². The van der Waals surface area contributed by atoms with E-state index >= 15 is 0 Å². The minimum Gasteiger partial charge on any atom is -0.481 e. The summed E-state index contributed by atoms with van der Waals surface area (Å²) in [4.78, 5) is 15.1. The number of hydrogen-bond donors (Lipinski definition) is 1. The van der Waals surface area contributed by atoms with Crippen molar-refractivity contribution in [3.8, 4) is 0 Å². The summed E-state index contributed by atoms with van der Waals surface area (Å²) in [5.74, 6) is -1.44. The van der Waals surface area contributed by atoms with Crippen molar-refractivity contribution in [1.82, 2.24) is 4.90 Å². The largest absolute Gasteiger partial charge is 0.481 e. The highest BCUT2D eigenvalue weighted by atomic mass is 19.1. The fourth-order valence-corrected chi connectivity index (χ4v) is 2.22. The third-order valence-corrected chi connectivity index (χ3v) is 3.27. The number of carboxylic acid groups (broad SMARTS) is 1. The average Bonchev–Trinajstić information content (AvgIpc) is 2.32. The molecular weight excluding hydrogens is 235 g/mol. The molecule has 1 aromatic rings. The molecule has 0 unspecified atom stereocenters. The van der Waals surface area contributed by atoms with Gasteiger partial charge in [0.1, 0.15) is 5.82 Å². The molecule has 0 amide bonds. The lowest BCUT2D eigenvalue weighted by atomic mass is 10.1. The Bertz CT molecular complexity index is 443. The summed E-state index contributed by atoms with van der Waals surface area (Å²) >= 11 is 0. The Morgan fingerprint density at radius 3 is 2.61 bits per heavy atom. The zero-order chi connectivity index (χ0) is 13.1. The SMILES string of the molecule is CN1CCN(c2cccc(F)c2CC(=O)O)CC1. The van der Waals surface area contributed by atoms with Crippen LogP contribution >= 0.6 is 0 Å². The molecule has 1 heterocycles. The minimum absolute atomic E-state index is 0.269. The predicted molar refractivity (Wildman–Crippen MR) is 67.4 cm³/mol. The first kappa shape index (κ1) is 12.8. The maximum absolute atomic E-state index is 13.7. The van der Waals surface area contributed by atoms with Crippen molar-refractivity contribution in [2.75, 3.05) is 38.1 Å². The molecule has 0 aliphatic carbocycles. The van der Waals surface area contributed by atoms with Gasteiger partial charge in [0.2, 0.25) is 0 Å². The van der Waals surface area contributed by atoms with Crippen molar-refractivity contribution in [3.05, 3.63) is 29.6 Å². The molecule has 1 aliphatic heterocycles. The molecule has 5 heteroatoms. The molecule has 0 saturated carbocycles. The van der Waals surface area contributed by atoms with Crippen molar-refractivity contribution < 1.29 is 14.3 Å². The fraction of sp³-hybridized carbons (Fsp3) is 0.462. The summed E-state index contributed by atoms with van der Waals surface area (Å²) in [5.41, 5.74) is 1.00. The normalized spacial score (nSPS) is 16.9. The number of anilines is 1. The van der Waals surface area contributed by atoms with Crippen LogP contribution in [-0.4, -0.2) is 49.2 Å². The van der Waals surface area contributed by atoms with E-state index in [1.165, 1.54) is 6.07 Å². The smallest absolute Gasteiger partial charge is 0.308 e. The summed E-state index contributed by atoms with van der Waals surface area (Å²) < 4.78 is 13.7. The van der Waals surface area contributed by atoms with Crippen molar-refractivity contribution in [1.29, 1.82) is 0 Å². The Balaban J connectivity index is 2.26. The number of hydrogen-bond acceptors (Lipinski definition) is 3. The van der Waals surface area contributed by atoms with E-state index in [2.05, 4.69) is 9.80 Å². The zero-order valence-corrected chi connectivity index (χ0v) is 10.4. The first-order chi connectivity index (χ1) is 8.58. The van der Waals surface area contributed by atoms with Crippen LogP contribution in [0, 0.1) is 5.82 Å². The number of carbonyl (C=O) groups is 1. The number of aliphatic carboxylic acids is 1. The average molecular weight is 252 g/mol. The van der Waals surface area contributed by atoms with Crippen LogP contribution < -0.4 is 4.90 Å². The van der Waals surface area contributed by atoms with Crippen LogP contribution in [-0.2, 0) is 11.2 Å². The Kier molecular flexibility index (Phi) is 3.81. The van der Waals surface area contributed by atoms with E-state index in [0.29, 0.717) is 5.69 Å². The maximum Gasteiger partial charge on any atom is 0.308 e. The summed E-state index contributed by atoms with van der Waals surface area (Å²) in [6.45, 7) is 3.41. The third-order valence-electron chi connectivity index (χ3n) is 3.27. The van der Waals surface area contributed by atoms with Gasteiger partial charge < -0.3 is 14.9 Å². The quantitative estimate of drug-likeness (QED) is 0.878. The molecule has 0 spiro atoms. The number of piperazine rings is 1. The Hall–Kier alpha value is -1.62. The van der Waals surface area contributed by atoms with E-state index in [1.807, 2.05) is 7.05 Å². The second kappa shape index (κ2) is 5.35. The van der Waals surface area contributed by atoms with Crippen LogP contribution in [0.25, 0.3) is 0 Å². The molecule has 1 N–H and O–H groups in total. The molecule has 4 nitrogen and oxygen atoms in total. The Morgan fingerprint density at radius 1 is 1.33 bits per heavy atom. The van der Waals surface area contributed by atoms with E-state index in [1.54, 1.807) is 12.1 Å². The van der Waals surface area contributed by atoms with Gasteiger partial charge in [-0.2, -0.15) is 0 Å². The molecule has 98 valence electrons. The van der Waals surface area contributed by atoms with Crippen molar-refractivity contribution in [2.45, 2.75) is 6.42 Å². The van der Waals surface area contributed by atoms with E-state index in [9.17, 15) is 9.18 Å². The van der Waals surface area contributed by atoms with E-state index in [-0.39, 0.29) is 12.0 Å². The van der Waals surface area contributed by atoms with E-state index in [0.717, 1.165) is 26.2 Å². The number of carboxylic acids is 1. The number of halogens is 1. The molecule has 1 aliphatic rings. The van der Waals surface area contributed by atoms with Gasteiger partial charge in [0, 0.05) is 37.4 Å². The topological polar surface area (TPSA) is 43.8 Å². The lowest BCUT2D eigenvalue weighted by molar-refractivity contribution is -0.136. The summed E-state index contributed by atoms with van der Waals surface area (Å²) in [6.07, 6.45) is -0.269. The second-order valence-electron chi connectivity index (χ2n) is 4.60. The van der Waals surface area contributed by atoms with Crippen molar-refractivity contribution in [2.24, 2.45) is 0 Å². The number of nitrogens with zero attached hydrogens (tertiary/aromatic N) is 2. The standard InChI is InChI=1S/C13H17FN2O2/c1-15-5-7-16(8-6-15)12-4-2-3-11(14)10(12)9-13(17)18/h2-4H,5-9H2,1H3,(H,17,18). The van der Waals surface area contributed by atoms with Gasteiger partial charge in [-0.3, -0.25) is 4.79 Å². The summed E-state index contributed by atoms with van der Waals surface area (Å²) in [5, 5.41) is 8.86. The van der Waals surface area contributed by atoms with Crippen LogP contribution in [0.2, 0.25) is 0 Å². The number of benzene rings is 1. The van der Waals surface area contributed by atoms with Gasteiger partial charge in [-0.25, -0.2) is 4.39 Å². The second-order valence-corrected chi connectivity index (χ2v) is 4.60. The van der Waals surface area contributed by atoms with E-state index in [4.69, 9.17) is 5.11 Å². The molecule has 18 heavy (non-hydrogen) atoms. The lowest BCUT2D eigenvalue weighted by Crippen LogP contribution is -2.45. The first-order valence-electron chi connectivity index (χ1n) is 6.00. The highest BCUT2D eigenvalue weighted by molar-refractivity contribution is 5.74. The van der Waals surface area contributed by atoms with Crippen LogP contribution in [0.3, 0.4) is 0 Å². The fourth-order valence-electron chi connectivity index (χ4n) is 2.22. The monoisotopic (exact) mass is 252 g/mol. The number of rotatable bonds is 3. The molecule has 0 bridgehead atoms. The maximum atomic E-state index is 13.7. The van der Waals surface area contributed by atoms with Crippen molar-refractivity contribution >= 4 is 11.7 Å². The zero-order valence-electron chi connectivity index (χ0n) is 10.4. The summed E-state index contributed by atoms with van der Waals surface area (Å²) in [7, 11) is 2.04. The van der Waals surface area contributed by atoms with Crippen LogP contribution in [0.4, 0.5) is 10.1 Å². The molecule has 1 fully saturated rings. The van der Waals surface area contributed by atoms with Gasteiger partial charge in [-0.15, -0.1) is 0 Å². The first-order valence-corrected chi connectivity index (χ1v) is 6.00. The van der Waals surface area contributed by atoms with Gasteiger partial charge in [0.25, 0.3) is 0 Å². The van der Waals surface area contributed by atoms with Gasteiger partial charge >= 0.3 is 5.97 Å². The van der Waals surface area contributed by atoms with Gasteiger partial charge in [0.05, 0.1) is 6.42 Å². The molecule has 2 rings (SSSR count). The molecular formula is C13H17FN2O2. The van der Waals surface area contributed by atoms with Gasteiger partial charge in [0.15, 0.2) is 0 Å². The van der Waals surface area contributed by atoms with Crippen LogP contribution in [0.1, 0.15) is 5.56 Å². The molecule has 1 aromatic carbocycles. The highest BCUT2D eigenvalue weighted by Crippen LogP contribution is 2.24. The van der Waals surface area contributed by atoms with Gasteiger partial charge in [-0.05, 0) is 19.2 Å². The lowest BCUT2D eigenvalue weighted by Gasteiger charge is -2.35. The Morgan fingerprint density at radius 2 is 2.00 bits per heavy atom.